The van der Waals surface area contributed by atoms with Gasteiger partial charge in [-0.3, -0.25) is 0 Å². The van der Waals surface area contributed by atoms with E-state index < -0.39 is 0 Å². The lowest BCUT2D eigenvalue weighted by molar-refractivity contribution is 0.187. The van der Waals surface area contributed by atoms with Gasteiger partial charge in [0.15, 0.2) is 0 Å². The van der Waals surface area contributed by atoms with E-state index in [-0.39, 0.29) is 0 Å². The highest BCUT2D eigenvalue weighted by Gasteiger charge is 1.97. The lowest BCUT2D eigenvalue weighted by Crippen LogP contribution is -2.24. The molecule has 0 N–H and O–H groups in total. The summed E-state index contributed by atoms with van der Waals surface area (Å²) in [7, 11) is 0. The van der Waals surface area contributed by atoms with Gasteiger partial charge in [-0.15, -0.1) is 0 Å². The van der Waals surface area contributed by atoms with Crippen molar-refractivity contribution in [3.63, 3.8) is 0 Å². The zero-order valence-electron chi connectivity index (χ0n) is 9.47. The van der Waals surface area contributed by atoms with E-state index in [2.05, 4.69) is 18.7 Å². The van der Waals surface area contributed by atoms with E-state index in [9.17, 15) is 0 Å². The fourth-order valence-electron chi connectivity index (χ4n) is 1.14. The Labute approximate surface area is 82.6 Å². The topological polar surface area (TPSA) is 12.5 Å². The summed E-state index contributed by atoms with van der Waals surface area (Å²) in [6.45, 7) is 12.6. The van der Waals surface area contributed by atoms with Gasteiger partial charge in [0.2, 0.25) is 0 Å². The molecule has 13 heavy (non-hydrogen) atoms. The summed E-state index contributed by atoms with van der Waals surface area (Å²) in [4.78, 5) is 2.41. The lowest BCUT2D eigenvalue weighted by Gasteiger charge is -2.17. The third kappa shape index (κ3) is 6.64. The third-order valence-corrected chi connectivity index (χ3v) is 2.25. The van der Waals surface area contributed by atoms with Crippen LogP contribution in [0.3, 0.4) is 0 Å². The predicted molar refractivity (Wildman–Crippen MR) is 57.8 cm³/mol. The molecule has 78 valence electrons. The van der Waals surface area contributed by atoms with Gasteiger partial charge in [-0.1, -0.05) is 19.9 Å². The molecule has 0 aliphatic rings. The molecule has 0 heterocycles. The molecular formula is C11H23NO. The molecular weight excluding hydrogens is 162 g/mol. The second-order valence-electron chi connectivity index (χ2n) is 3.13. The number of rotatable bonds is 7. The first-order valence-corrected chi connectivity index (χ1v) is 5.22. The standard InChI is InChI=1S/C11H23NO/c1-5-11(4)13-10-8-9-12(6-2)7-3/h5H,6-10H2,1-4H3/b11-5-. The summed E-state index contributed by atoms with van der Waals surface area (Å²) in [5.74, 6) is 1.03. The molecule has 0 aromatic carbocycles. The molecule has 0 rings (SSSR count). The van der Waals surface area contributed by atoms with Crippen LogP contribution in [0.2, 0.25) is 0 Å². The van der Waals surface area contributed by atoms with E-state index in [1.807, 2.05) is 19.9 Å². The largest absolute Gasteiger partial charge is 0.499 e. The lowest BCUT2D eigenvalue weighted by atomic mass is 10.4. The first-order valence-electron chi connectivity index (χ1n) is 5.22. The predicted octanol–water partition coefficient (Wildman–Crippen LogP) is 2.66. The van der Waals surface area contributed by atoms with Crippen LogP contribution < -0.4 is 0 Å². The number of nitrogens with zero attached hydrogens (tertiary/aromatic N) is 1. The SMILES string of the molecule is C/C=C(/C)OCCCN(CC)CC. The van der Waals surface area contributed by atoms with E-state index >= 15 is 0 Å². The highest BCUT2D eigenvalue weighted by Crippen LogP contribution is 1.97. The van der Waals surface area contributed by atoms with Crippen molar-refractivity contribution in [3.8, 4) is 0 Å². The first kappa shape index (κ1) is 12.5. The van der Waals surface area contributed by atoms with E-state index in [4.69, 9.17) is 4.74 Å². The molecule has 0 unspecified atom stereocenters. The Kier molecular flexibility index (Phi) is 7.80. The van der Waals surface area contributed by atoms with Crippen LogP contribution in [-0.4, -0.2) is 31.1 Å². The van der Waals surface area contributed by atoms with Crippen molar-refractivity contribution in [1.82, 2.24) is 4.90 Å². The van der Waals surface area contributed by atoms with Crippen LogP contribution in [0.4, 0.5) is 0 Å². The van der Waals surface area contributed by atoms with Crippen LogP contribution >= 0.6 is 0 Å². The fraction of sp³-hybridized carbons (Fsp3) is 0.818. The van der Waals surface area contributed by atoms with Crippen LogP contribution in [0, 0.1) is 0 Å². The Morgan fingerprint density at radius 1 is 1.31 bits per heavy atom. The maximum atomic E-state index is 5.46. The minimum Gasteiger partial charge on any atom is -0.499 e. The quantitative estimate of drug-likeness (QED) is 0.446. The van der Waals surface area contributed by atoms with Gasteiger partial charge in [-0.2, -0.15) is 0 Å². The van der Waals surface area contributed by atoms with Crippen molar-refractivity contribution in [2.45, 2.75) is 34.1 Å². The Morgan fingerprint density at radius 3 is 2.38 bits per heavy atom. The average Bonchev–Trinajstić information content (AvgIpc) is 2.18. The maximum absolute atomic E-state index is 5.46. The summed E-state index contributed by atoms with van der Waals surface area (Å²) < 4.78 is 5.46. The molecule has 0 aromatic heterocycles. The second kappa shape index (κ2) is 8.11. The minimum absolute atomic E-state index is 0.840. The fourth-order valence-corrected chi connectivity index (χ4v) is 1.14. The molecule has 0 aliphatic carbocycles. The Morgan fingerprint density at radius 2 is 1.92 bits per heavy atom. The molecule has 0 saturated heterocycles. The Balaban J connectivity index is 3.34. The van der Waals surface area contributed by atoms with Gasteiger partial charge in [-0.25, -0.2) is 0 Å². The molecule has 2 heteroatoms. The van der Waals surface area contributed by atoms with Crippen molar-refractivity contribution in [1.29, 1.82) is 0 Å². The zero-order valence-corrected chi connectivity index (χ0v) is 9.47. The van der Waals surface area contributed by atoms with Gasteiger partial charge < -0.3 is 9.64 Å². The zero-order chi connectivity index (χ0) is 10.1. The molecule has 2 nitrogen and oxygen atoms in total. The number of hydrogen-bond acceptors (Lipinski definition) is 2. The molecule has 0 spiro atoms. The molecule has 0 atom stereocenters. The van der Waals surface area contributed by atoms with Crippen molar-refractivity contribution in [2.24, 2.45) is 0 Å². The smallest absolute Gasteiger partial charge is 0.0889 e. The second-order valence-corrected chi connectivity index (χ2v) is 3.13. The number of allylic oxidation sites excluding steroid dienone is 2. The van der Waals surface area contributed by atoms with Gasteiger partial charge in [0.1, 0.15) is 0 Å². The molecule has 0 radical (unpaired) electrons. The van der Waals surface area contributed by atoms with Gasteiger partial charge in [0, 0.05) is 6.54 Å². The van der Waals surface area contributed by atoms with E-state index in [1.54, 1.807) is 0 Å². The van der Waals surface area contributed by atoms with Crippen molar-refractivity contribution >= 4 is 0 Å². The monoisotopic (exact) mass is 185 g/mol. The van der Waals surface area contributed by atoms with E-state index in [0.29, 0.717) is 0 Å². The van der Waals surface area contributed by atoms with Crippen LogP contribution in [0.5, 0.6) is 0 Å². The van der Waals surface area contributed by atoms with Crippen LogP contribution in [0.25, 0.3) is 0 Å². The van der Waals surface area contributed by atoms with Gasteiger partial charge in [-0.05, 0) is 33.4 Å². The van der Waals surface area contributed by atoms with E-state index in [0.717, 1.165) is 38.4 Å². The molecule has 0 fully saturated rings. The molecule has 0 bridgehead atoms. The van der Waals surface area contributed by atoms with Crippen LogP contribution in [0.1, 0.15) is 34.1 Å². The summed E-state index contributed by atoms with van der Waals surface area (Å²) in [6, 6.07) is 0. The van der Waals surface area contributed by atoms with Gasteiger partial charge >= 0.3 is 0 Å². The molecule has 0 saturated carbocycles. The summed E-state index contributed by atoms with van der Waals surface area (Å²) in [6.07, 6.45) is 3.12. The summed E-state index contributed by atoms with van der Waals surface area (Å²) in [5.41, 5.74) is 0. The maximum Gasteiger partial charge on any atom is 0.0889 e. The average molecular weight is 185 g/mol. The van der Waals surface area contributed by atoms with E-state index in [1.165, 1.54) is 0 Å². The van der Waals surface area contributed by atoms with Crippen LogP contribution in [0.15, 0.2) is 11.8 Å². The normalized spacial score (nSPS) is 12.2. The number of hydrogen-bond donors (Lipinski definition) is 0. The van der Waals surface area contributed by atoms with Crippen molar-refractivity contribution in [3.05, 3.63) is 11.8 Å². The summed E-state index contributed by atoms with van der Waals surface area (Å²) >= 11 is 0. The Bertz CT molecular complexity index is 139. The highest BCUT2D eigenvalue weighted by molar-refractivity contribution is 4.83. The summed E-state index contributed by atoms with van der Waals surface area (Å²) in [5, 5.41) is 0. The molecule has 0 amide bonds. The third-order valence-electron chi connectivity index (χ3n) is 2.25. The van der Waals surface area contributed by atoms with Gasteiger partial charge in [0.25, 0.3) is 0 Å². The Hall–Kier alpha value is -0.500. The highest BCUT2D eigenvalue weighted by atomic mass is 16.5. The first-order chi connectivity index (χ1) is 6.24. The van der Waals surface area contributed by atoms with Crippen molar-refractivity contribution < 1.29 is 4.74 Å². The minimum atomic E-state index is 0.840. The van der Waals surface area contributed by atoms with Crippen LogP contribution in [-0.2, 0) is 4.74 Å². The molecule has 0 aromatic rings. The number of ether oxygens (including phenoxy) is 1. The molecule has 0 aliphatic heterocycles. The van der Waals surface area contributed by atoms with Gasteiger partial charge in [0.05, 0.1) is 12.4 Å². The van der Waals surface area contributed by atoms with Crippen molar-refractivity contribution in [2.75, 3.05) is 26.2 Å².